The van der Waals surface area contributed by atoms with Crippen molar-refractivity contribution in [2.45, 2.75) is 32.8 Å². The minimum atomic E-state index is -0.282. The fraction of sp³-hybridized carbons (Fsp3) is 0.312. The third kappa shape index (κ3) is 3.83. The van der Waals surface area contributed by atoms with Crippen molar-refractivity contribution in [1.82, 2.24) is 5.43 Å². The number of rotatable bonds is 6. The summed E-state index contributed by atoms with van der Waals surface area (Å²) in [6.07, 6.45) is 1.12. The van der Waals surface area contributed by atoms with E-state index in [0.29, 0.717) is 17.4 Å². The van der Waals surface area contributed by atoms with Crippen molar-refractivity contribution in [3.8, 4) is 5.75 Å². The molecular weight excluding hydrogens is 284 g/mol. The van der Waals surface area contributed by atoms with Gasteiger partial charge in [-0.2, -0.15) is 0 Å². The van der Waals surface area contributed by atoms with E-state index in [9.17, 15) is 4.79 Å². The van der Waals surface area contributed by atoms with Gasteiger partial charge in [0.25, 0.3) is 5.91 Å². The maximum Gasteiger partial charge on any atom is 0.275 e. The zero-order chi connectivity index (χ0) is 15.2. The Labute approximate surface area is 128 Å². The second kappa shape index (κ2) is 7.24. The maximum atomic E-state index is 11.6. The summed E-state index contributed by atoms with van der Waals surface area (Å²) in [5, 5.41) is 1.86. The highest BCUT2D eigenvalue weighted by Crippen LogP contribution is 2.23. The van der Waals surface area contributed by atoms with E-state index in [2.05, 4.69) is 31.4 Å². The second-order valence-electron chi connectivity index (χ2n) is 4.92. The van der Waals surface area contributed by atoms with E-state index in [-0.39, 0.29) is 5.91 Å². The molecule has 1 heterocycles. The summed E-state index contributed by atoms with van der Waals surface area (Å²) >= 11 is 1.35. The normalized spacial score (nSPS) is 12.0. The van der Waals surface area contributed by atoms with Gasteiger partial charge in [0.15, 0.2) is 0 Å². The molecule has 0 saturated carbocycles. The van der Waals surface area contributed by atoms with Crippen LogP contribution in [0.3, 0.4) is 0 Å². The van der Waals surface area contributed by atoms with E-state index in [0.717, 1.165) is 17.7 Å². The number of amides is 1. The Morgan fingerprint density at radius 1 is 1.33 bits per heavy atom. The van der Waals surface area contributed by atoms with E-state index in [1.165, 1.54) is 16.9 Å². The first-order valence-corrected chi connectivity index (χ1v) is 7.83. The lowest BCUT2D eigenvalue weighted by Crippen LogP contribution is -2.30. The average Bonchev–Trinajstić information content (AvgIpc) is 3.00. The number of thiophene rings is 1. The Morgan fingerprint density at radius 2 is 2.05 bits per heavy atom. The van der Waals surface area contributed by atoms with E-state index in [1.54, 1.807) is 0 Å². The number of benzene rings is 1. The van der Waals surface area contributed by atoms with Crippen LogP contribution in [0.1, 0.15) is 47.0 Å². The van der Waals surface area contributed by atoms with Crippen LogP contribution < -0.4 is 16.0 Å². The molecule has 0 saturated heterocycles. The largest absolute Gasteiger partial charge is 0.489 e. The van der Waals surface area contributed by atoms with Gasteiger partial charge in [-0.1, -0.05) is 26.0 Å². The van der Waals surface area contributed by atoms with Gasteiger partial charge >= 0.3 is 0 Å². The van der Waals surface area contributed by atoms with Gasteiger partial charge in [0.05, 0.1) is 4.88 Å². The molecular formula is C16H20N2O2S. The summed E-state index contributed by atoms with van der Waals surface area (Å²) in [4.78, 5) is 12.2. The van der Waals surface area contributed by atoms with Crippen LogP contribution in [0.5, 0.6) is 5.75 Å². The molecule has 112 valence electrons. The molecule has 4 nitrogen and oxygen atoms in total. The Balaban J connectivity index is 2.00. The van der Waals surface area contributed by atoms with Gasteiger partial charge in [-0.05, 0) is 41.5 Å². The van der Waals surface area contributed by atoms with Crippen LogP contribution in [0.2, 0.25) is 0 Å². The zero-order valence-corrected chi connectivity index (χ0v) is 13.1. The Kier molecular flexibility index (Phi) is 5.36. The van der Waals surface area contributed by atoms with E-state index in [4.69, 9.17) is 10.6 Å². The molecule has 0 fully saturated rings. The molecule has 1 aromatic carbocycles. The second-order valence-corrected chi connectivity index (χ2v) is 5.83. The molecule has 0 spiro atoms. The summed E-state index contributed by atoms with van der Waals surface area (Å²) in [5.74, 6) is 6.23. The molecule has 2 aromatic rings. The van der Waals surface area contributed by atoms with Crippen LogP contribution in [-0.4, -0.2) is 5.91 Å². The Bertz CT molecular complexity index is 593. The van der Waals surface area contributed by atoms with Crippen molar-refractivity contribution >= 4 is 17.2 Å². The molecule has 5 heteroatoms. The number of hydrogen-bond acceptors (Lipinski definition) is 4. The van der Waals surface area contributed by atoms with Crippen LogP contribution in [0, 0.1) is 0 Å². The van der Waals surface area contributed by atoms with Gasteiger partial charge < -0.3 is 4.74 Å². The standard InChI is InChI=1S/C16H20N2O2S/c1-3-11(2)12-4-6-14(7-5-12)20-10-13-8-9-21-15(13)16(19)18-17/h4-9,11H,3,10,17H2,1-2H3,(H,18,19). The molecule has 0 radical (unpaired) electrons. The Hall–Kier alpha value is -1.85. The first kappa shape index (κ1) is 15.5. The molecule has 1 amide bonds. The molecule has 3 N–H and O–H groups in total. The number of nitrogen functional groups attached to an aromatic ring is 1. The third-order valence-electron chi connectivity index (χ3n) is 3.54. The zero-order valence-electron chi connectivity index (χ0n) is 12.3. The van der Waals surface area contributed by atoms with E-state index < -0.39 is 0 Å². The maximum absolute atomic E-state index is 11.6. The molecule has 0 aliphatic heterocycles. The van der Waals surface area contributed by atoms with Crippen molar-refractivity contribution < 1.29 is 9.53 Å². The summed E-state index contributed by atoms with van der Waals surface area (Å²) in [6.45, 7) is 4.74. The van der Waals surface area contributed by atoms with Gasteiger partial charge in [0.1, 0.15) is 12.4 Å². The molecule has 1 aromatic heterocycles. The lowest BCUT2D eigenvalue weighted by molar-refractivity contribution is 0.0955. The van der Waals surface area contributed by atoms with Crippen LogP contribution >= 0.6 is 11.3 Å². The van der Waals surface area contributed by atoms with Crippen molar-refractivity contribution in [2.24, 2.45) is 5.84 Å². The molecule has 2 rings (SSSR count). The predicted molar refractivity (Wildman–Crippen MR) is 85.5 cm³/mol. The van der Waals surface area contributed by atoms with Crippen LogP contribution in [0.25, 0.3) is 0 Å². The van der Waals surface area contributed by atoms with Crippen LogP contribution in [0.15, 0.2) is 35.7 Å². The highest BCUT2D eigenvalue weighted by Gasteiger charge is 2.12. The van der Waals surface area contributed by atoms with Gasteiger partial charge in [0.2, 0.25) is 0 Å². The fourth-order valence-corrected chi connectivity index (χ4v) is 2.82. The molecule has 1 atom stereocenters. The monoisotopic (exact) mass is 304 g/mol. The first-order chi connectivity index (χ1) is 10.2. The van der Waals surface area contributed by atoms with Crippen LogP contribution in [0.4, 0.5) is 0 Å². The lowest BCUT2D eigenvalue weighted by atomic mass is 9.99. The van der Waals surface area contributed by atoms with Crippen molar-refractivity contribution in [3.63, 3.8) is 0 Å². The number of nitrogens with one attached hydrogen (secondary N) is 1. The van der Waals surface area contributed by atoms with Crippen molar-refractivity contribution in [1.29, 1.82) is 0 Å². The van der Waals surface area contributed by atoms with Gasteiger partial charge in [-0.15, -0.1) is 11.3 Å². The van der Waals surface area contributed by atoms with E-state index in [1.807, 2.05) is 23.6 Å². The lowest BCUT2D eigenvalue weighted by Gasteiger charge is -2.11. The number of nitrogens with two attached hydrogens (primary N) is 1. The molecule has 1 unspecified atom stereocenters. The number of hydrazine groups is 1. The number of carbonyl (C=O) groups excluding carboxylic acids is 1. The smallest absolute Gasteiger partial charge is 0.275 e. The van der Waals surface area contributed by atoms with Gasteiger partial charge in [-0.3, -0.25) is 10.2 Å². The number of carbonyl (C=O) groups is 1. The fourth-order valence-electron chi connectivity index (χ4n) is 2.00. The summed E-state index contributed by atoms with van der Waals surface area (Å²) in [7, 11) is 0. The first-order valence-electron chi connectivity index (χ1n) is 6.95. The molecule has 21 heavy (non-hydrogen) atoms. The third-order valence-corrected chi connectivity index (χ3v) is 4.50. The van der Waals surface area contributed by atoms with Gasteiger partial charge in [0, 0.05) is 5.56 Å². The average molecular weight is 304 g/mol. The topological polar surface area (TPSA) is 64.3 Å². The van der Waals surface area contributed by atoms with E-state index >= 15 is 0 Å². The number of ether oxygens (including phenoxy) is 1. The molecule has 0 bridgehead atoms. The SMILES string of the molecule is CCC(C)c1ccc(OCc2ccsc2C(=O)NN)cc1. The minimum absolute atomic E-state index is 0.282. The Morgan fingerprint density at radius 3 is 2.67 bits per heavy atom. The summed E-state index contributed by atoms with van der Waals surface area (Å²) in [6, 6.07) is 9.99. The highest BCUT2D eigenvalue weighted by molar-refractivity contribution is 7.12. The quantitative estimate of drug-likeness (QED) is 0.488. The highest BCUT2D eigenvalue weighted by atomic mass is 32.1. The summed E-state index contributed by atoms with van der Waals surface area (Å²) in [5.41, 5.74) is 4.30. The van der Waals surface area contributed by atoms with Crippen molar-refractivity contribution in [3.05, 3.63) is 51.7 Å². The van der Waals surface area contributed by atoms with Crippen molar-refractivity contribution in [2.75, 3.05) is 0 Å². The number of hydrogen-bond donors (Lipinski definition) is 2. The van der Waals surface area contributed by atoms with Crippen LogP contribution in [-0.2, 0) is 6.61 Å². The van der Waals surface area contributed by atoms with Gasteiger partial charge in [-0.25, -0.2) is 5.84 Å². The molecule has 0 aliphatic rings. The minimum Gasteiger partial charge on any atom is -0.489 e. The molecule has 0 aliphatic carbocycles. The predicted octanol–water partition coefficient (Wildman–Crippen LogP) is 3.44. The summed E-state index contributed by atoms with van der Waals surface area (Å²) < 4.78 is 5.74.